The van der Waals surface area contributed by atoms with E-state index in [0.29, 0.717) is 24.0 Å². The van der Waals surface area contributed by atoms with E-state index in [2.05, 4.69) is 6.58 Å². The summed E-state index contributed by atoms with van der Waals surface area (Å²) in [5.74, 6) is -0.00658. The number of hydrogen-bond acceptors (Lipinski definition) is 3. The van der Waals surface area contributed by atoms with E-state index in [4.69, 9.17) is 4.74 Å². The van der Waals surface area contributed by atoms with Crippen molar-refractivity contribution >= 4 is 18.6 Å². The van der Waals surface area contributed by atoms with Crippen molar-refractivity contribution in [1.82, 2.24) is 0 Å². The third-order valence-electron chi connectivity index (χ3n) is 3.90. The fourth-order valence-electron chi connectivity index (χ4n) is 2.45. The molecular weight excluding hydrogens is 299 g/mol. The topological polar surface area (TPSA) is 63.6 Å². The van der Waals surface area contributed by atoms with E-state index in [1.807, 2.05) is 0 Å². The van der Waals surface area contributed by atoms with E-state index in [1.165, 1.54) is 0 Å². The van der Waals surface area contributed by atoms with Crippen LogP contribution in [0.2, 0.25) is 0 Å². The Kier molecular flexibility index (Phi) is 5.60. The predicted octanol–water partition coefficient (Wildman–Crippen LogP) is 3.22. The molecule has 0 amide bonds. The number of carbonyl (C=O) groups is 1. The van der Waals surface area contributed by atoms with Crippen molar-refractivity contribution in [3.63, 3.8) is 0 Å². The molecule has 2 atom stereocenters. The largest absolute Gasteiger partial charge is 0.466 e. The van der Waals surface area contributed by atoms with Crippen LogP contribution in [0.3, 0.4) is 0 Å². The maximum Gasteiger partial charge on any atom is 0.306 e. The van der Waals surface area contributed by atoms with Gasteiger partial charge in [-0.05, 0) is 43.4 Å². The second-order valence-corrected chi connectivity index (χ2v) is 8.06. The van der Waals surface area contributed by atoms with Crippen LogP contribution < -0.4 is 5.30 Å². The first-order valence-corrected chi connectivity index (χ1v) is 9.51. The first-order chi connectivity index (χ1) is 10.5. The van der Waals surface area contributed by atoms with E-state index in [9.17, 15) is 14.3 Å². The normalized spacial score (nSPS) is 18.3. The number of carbonyl (C=O) groups excluding carboxylic acids is 1. The van der Waals surface area contributed by atoms with Crippen molar-refractivity contribution in [3.05, 3.63) is 42.5 Å². The molecule has 1 aliphatic rings. The van der Waals surface area contributed by atoms with Gasteiger partial charge in [0.1, 0.15) is 0 Å². The van der Waals surface area contributed by atoms with Gasteiger partial charge < -0.3 is 9.63 Å². The van der Waals surface area contributed by atoms with Crippen molar-refractivity contribution < 1.29 is 19.0 Å². The van der Waals surface area contributed by atoms with Gasteiger partial charge in [0, 0.05) is 17.4 Å². The molecule has 5 heteroatoms. The second-order valence-electron chi connectivity index (χ2n) is 5.77. The van der Waals surface area contributed by atoms with E-state index >= 15 is 0 Å². The van der Waals surface area contributed by atoms with Gasteiger partial charge in [0.05, 0.1) is 13.0 Å². The molecule has 2 rings (SSSR count). The minimum atomic E-state index is -3.25. The summed E-state index contributed by atoms with van der Waals surface area (Å²) in [5.41, 5.74) is 0.901. The van der Waals surface area contributed by atoms with E-state index in [1.54, 1.807) is 37.3 Å². The van der Waals surface area contributed by atoms with Crippen LogP contribution in [-0.4, -0.2) is 23.6 Å². The van der Waals surface area contributed by atoms with Crippen molar-refractivity contribution in [2.45, 2.75) is 32.1 Å². The Morgan fingerprint density at radius 1 is 1.45 bits per heavy atom. The van der Waals surface area contributed by atoms with Crippen LogP contribution >= 0.6 is 7.37 Å². The Bertz CT molecular complexity index is 575. The number of hydrogen-bond donors (Lipinski definition) is 1. The fourth-order valence-corrected chi connectivity index (χ4v) is 4.34. The molecule has 1 aromatic rings. The van der Waals surface area contributed by atoms with Crippen molar-refractivity contribution in [2.75, 3.05) is 12.8 Å². The van der Waals surface area contributed by atoms with Gasteiger partial charge in [0.15, 0.2) is 0 Å². The summed E-state index contributed by atoms with van der Waals surface area (Å²) in [5, 5.41) is 0.488. The Hall–Kier alpha value is -1.38. The summed E-state index contributed by atoms with van der Waals surface area (Å²) in [4.78, 5) is 21.7. The lowest BCUT2D eigenvalue weighted by atomic mass is 9.96. The van der Waals surface area contributed by atoms with Crippen molar-refractivity contribution in [2.24, 2.45) is 5.92 Å². The summed E-state index contributed by atoms with van der Waals surface area (Å²) in [6.07, 6.45) is 4.42. The van der Waals surface area contributed by atoms with Gasteiger partial charge in [-0.1, -0.05) is 18.2 Å². The maximum absolute atomic E-state index is 12.3. The molecule has 0 aromatic heterocycles. The zero-order valence-electron chi connectivity index (χ0n) is 12.9. The molecule has 1 aromatic carbocycles. The van der Waals surface area contributed by atoms with E-state index < -0.39 is 7.37 Å². The molecule has 1 fully saturated rings. The Morgan fingerprint density at radius 3 is 2.59 bits per heavy atom. The Morgan fingerprint density at radius 2 is 2.09 bits per heavy atom. The van der Waals surface area contributed by atoms with Gasteiger partial charge in [0.2, 0.25) is 7.37 Å². The maximum atomic E-state index is 12.3. The first-order valence-electron chi connectivity index (χ1n) is 7.66. The quantitative estimate of drug-likeness (QED) is 0.453. The number of rotatable bonds is 8. The van der Waals surface area contributed by atoms with Crippen LogP contribution in [0.25, 0.3) is 0 Å². The highest BCUT2D eigenvalue weighted by atomic mass is 31.2. The van der Waals surface area contributed by atoms with Gasteiger partial charge in [-0.2, -0.15) is 0 Å². The van der Waals surface area contributed by atoms with E-state index in [0.717, 1.165) is 18.4 Å². The smallest absolute Gasteiger partial charge is 0.306 e. The first kappa shape index (κ1) is 17.0. The van der Waals surface area contributed by atoms with Crippen LogP contribution in [0.5, 0.6) is 0 Å². The number of allylic oxidation sites excluding steroid dienone is 1. The predicted molar refractivity (Wildman–Crippen MR) is 87.7 cm³/mol. The average molecular weight is 322 g/mol. The summed E-state index contributed by atoms with van der Waals surface area (Å²) in [7, 11) is -3.25. The lowest BCUT2D eigenvalue weighted by Gasteiger charge is -2.15. The lowest BCUT2D eigenvalue weighted by molar-refractivity contribution is -0.143. The molecule has 1 aliphatic carbocycles. The van der Waals surface area contributed by atoms with Crippen LogP contribution in [0, 0.1) is 5.92 Å². The van der Waals surface area contributed by atoms with Gasteiger partial charge in [0.25, 0.3) is 0 Å². The summed E-state index contributed by atoms with van der Waals surface area (Å²) >= 11 is 0. The molecule has 0 spiro atoms. The molecule has 2 unspecified atom stereocenters. The van der Waals surface area contributed by atoms with Crippen molar-refractivity contribution in [1.29, 1.82) is 0 Å². The zero-order valence-corrected chi connectivity index (χ0v) is 13.8. The number of ether oxygens (including phenoxy) is 1. The molecule has 0 bridgehead atoms. The third-order valence-corrected chi connectivity index (χ3v) is 6.02. The highest BCUT2D eigenvalue weighted by Gasteiger charge is 2.32. The number of benzene rings is 1. The fraction of sp³-hybridized carbons (Fsp3) is 0.471. The zero-order chi connectivity index (χ0) is 16.2. The van der Waals surface area contributed by atoms with Crippen LogP contribution in [0.4, 0.5) is 0 Å². The second kappa shape index (κ2) is 7.26. The number of esters is 1. The summed E-state index contributed by atoms with van der Waals surface area (Å²) in [6, 6.07) is 6.99. The average Bonchev–Trinajstić information content (AvgIpc) is 3.28. The van der Waals surface area contributed by atoms with Crippen LogP contribution in [-0.2, 0) is 14.1 Å². The highest BCUT2D eigenvalue weighted by Crippen LogP contribution is 2.47. The van der Waals surface area contributed by atoms with Gasteiger partial charge in [-0.3, -0.25) is 9.36 Å². The molecule has 0 saturated heterocycles. The van der Waals surface area contributed by atoms with Crippen molar-refractivity contribution in [3.8, 4) is 0 Å². The van der Waals surface area contributed by atoms with Gasteiger partial charge in [-0.15, -0.1) is 6.58 Å². The molecular formula is C17H23O4P. The molecule has 120 valence electrons. The third kappa shape index (κ3) is 4.56. The van der Waals surface area contributed by atoms with Crippen LogP contribution in [0.15, 0.2) is 36.9 Å². The SMILES string of the molecule is C=CC(CC(=O)OCC)c1ccc(P(=O)(O)CC2CC2)cc1. The molecule has 22 heavy (non-hydrogen) atoms. The molecule has 4 nitrogen and oxygen atoms in total. The van der Waals surface area contributed by atoms with E-state index in [-0.39, 0.29) is 18.3 Å². The molecule has 0 radical (unpaired) electrons. The minimum absolute atomic E-state index is 0.144. The highest BCUT2D eigenvalue weighted by molar-refractivity contribution is 7.66. The molecule has 1 N–H and O–H groups in total. The molecule has 0 aliphatic heterocycles. The monoisotopic (exact) mass is 322 g/mol. The van der Waals surface area contributed by atoms with Crippen LogP contribution in [0.1, 0.15) is 37.7 Å². The lowest BCUT2D eigenvalue weighted by Crippen LogP contribution is -2.11. The summed E-state index contributed by atoms with van der Waals surface area (Å²) < 4.78 is 17.3. The minimum Gasteiger partial charge on any atom is -0.466 e. The Labute approximate surface area is 131 Å². The standard InChI is InChI=1S/C17H23O4P/c1-3-14(11-17(18)21-4-2)15-7-9-16(10-8-15)22(19,20)12-13-5-6-13/h3,7-10,13-14H,1,4-6,11-12H2,2H3,(H,19,20). The molecule has 0 heterocycles. The molecule has 1 saturated carbocycles. The van der Waals surface area contributed by atoms with Gasteiger partial charge >= 0.3 is 5.97 Å². The Balaban J connectivity index is 2.07. The summed E-state index contributed by atoms with van der Waals surface area (Å²) in [6.45, 7) is 5.89. The van der Waals surface area contributed by atoms with Gasteiger partial charge in [-0.25, -0.2) is 0 Å².